The number of thiocarbonyl (C=S) groups is 1. The molecule has 0 aliphatic heterocycles. The van der Waals surface area contributed by atoms with Gasteiger partial charge in [-0.15, -0.1) is 0 Å². The lowest BCUT2D eigenvalue weighted by Gasteiger charge is -2.32. The van der Waals surface area contributed by atoms with E-state index in [0.29, 0.717) is 11.4 Å². The summed E-state index contributed by atoms with van der Waals surface area (Å²) in [6, 6.07) is 10.3. The van der Waals surface area contributed by atoms with Crippen LogP contribution >= 0.6 is 12.2 Å². The van der Waals surface area contributed by atoms with Crippen molar-refractivity contribution in [2.45, 2.75) is 25.4 Å². The summed E-state index contributed by atoms with van der Waals surface area (Å²) in [7, 11) is 1.98. The van der Waals surface area contributed by atoms with Gasteiger partial charge in [-0.1, -0.05) is 42.5 Å². The van der Waals surface area contributed by atoms with Gasteiger partial charge in [0.25, 0.3) is 0 Å². The topological polar surface area (TPSA) is 49.5 Å². The minimum atomic E-state index is 0.0783. The van der Waals surface area contributed by atoms with E-state index in [9.17, 15) is 5.11 Å². The molecule has 1 aromatic carbocycles. The van der Waals surface area contributed by atoms with Crippen molar-refractivity contribution in [1.82, 2.24) is 4.90 Å². The highest BCUT2D eigenvalue weighted by molar-refractivity contribution is 7.80. The average Bonchev–Trinajstić information content (AvgIpc) is 2.35. The van der Waals surface area contributed by atoms with E-state index in [1.165, 1.54) is 5.56 Å². The van der Waals surface area contributed by atoms with Crippen molar-refractivity contribution in [1.29, 1.82) is 0 Å². The second kappa shape index (κ2) is 6.69. The van der Waals surface area contributed by atoms with Gasteiger partial charge in [-0.25, -0.2) is 0 Å². The summed E-state index contributed by atoms with van der Waals surface area (Å²) in [6.07, 6.45) is 0.625. The molecule has 4 heteroatoms. The molecule has 3 N–H and O–H groups in total. The third-order valence-corrected chi connectivity index (χ3v) is 3.20. The SMILES string of the molecule is CC(CO)N(C)C(CC(N)=S)c1ccccc1. The van der Waals surface area contributed by atoms with Crippen LogP contribution in [0.15, 0.2) is 30.3 Å². The van der Waals surface area contributed by atoms with E-state index >= 15 is 0 Å². The maximum Gasteiger partial charge on any atom is 0.0746 e. The second-order valence-corrected chi connectivity index (χ2v) is 4.82. The van der Waals surface area contributed by atoms with Crippen LogP contribution in [0, 0.1) is 0 Å². The van der Waals surface area contributed by atoms with Crippen molar-refractivity contribution in [2.24, 2.45) is 5.73 Å². The molecule has 0 amide bonds. The molecule has 0 radical (unpaired) electrons. The van der Waals surface area contributed by atoms with E-state index < -0.39 is 0 Å². The van der Waals surface area contributed by atoms with E-state index in [1.807, 2.05) is 32.2 Å². The Morgan fingerprint density at radius 2 is 2.00 bits per heavy atom. The van der Waals surface area contributed by atoms with Gasteiger partial charge in [-0.2, -0.15) is 0 Å². The summed E-state index contributed by atoms with van der Waals surface area (Å²) in [5.74, 6) is 0. The van der Waals surface area contributed by atoms with Gasteiger partial charge in [0.15, 0.2) is 0 Å². The van der Waals surface area contributed by atoms with E-state index in [-0.39, 0.29) is 18.7 Å². The molecule has 0 fully saturated rings. The molecular weight excluding hydrogens is 232 g/mol. The second-order valence-electron chi connectivity index (χ2n) is 4.29. The van der Waals surface area contributed by atoms with Crippen molar-refractivity contribution < 1.29 is 5.11 Å². The highest BCUT2D eigenvalue weighted by Gasteiger charge is 2.21. The predicted molar refractivity (Wildman–Crippen MR) is 74.9 cm³/mol. The Labute approximate surface area is 108 Å². The van der Waals surface area contributed by atoms with Gasteiger partial charge in [0, 0.05) is 18.5 Å². The Hall–Kier alpha value is -0.970. The highest BCUT2D eigenvalue weighted by atomic mass is 32.1. The number of nitrogens with zero attached hydrogens (tertiary/aromatic N) is 1. The molecule has 94 valence electrons. The van der Waals surface area contributed by atoms with Gasteiger partial charge in [-0.3, -0.25) is 4.90 Å². The molecule has 0 aromatic heterocycles. The number of hydrogen-bond donors (Lipinski definition) is 2. The third kappa shape index (κ3) is 4.07. The van der Waals surface area contributed by atoms with E-state index in [0.717, 1.165) is 0 Å². The van der Waals surface area contributed by atoms with Gasteiger partial charge in [0.1, 0.15) is 0 Å². The van der Waals surface area contributed by atoms with Gasteiger partial charge in [-0.05, 0) is 19.5 Å². The van der Waals surface area contributed by atoms with Crippen molar-refractivity contribution in [3.05, 3.63) is 35.9 Å². The van der Waals surface area contributed by atoms with Crippen LogP contribution in [0.5, 0.6) is 0 Å². The summed E-state index contributed by atoms with van der Waals surface area (Å²) < 4.78 is 0. The predicted octanol–water partition coefficient (Wildman–Crippen LogP) is 1.72. The number of likely N-dealkylation sites (N-methyl/N-ethyl adjacent to an activating group) is 1. The monoisotopic (exact) mass is 252 g/mol. The van der Waals surface area contributed by atoms with Crippen LogP contribution < -0.4 is 5.73 Å². The summed E-state index contributed by atoms with van der Waals surface area (Å²) in [6.45, 7) is 2.10. The zero-order valence-corrected chi connectivity index (χ0v) is 11.2. The van der Waals surface area contributed by atoms with Crippen molar-refractivity contribution in [2.75, 3.05) is 13.7 Å². The summed E-state index contributed by atoms with van der Waals surface area (Å²) in [5, 5.41) is 9.23. The van der Waals surface area contributed by atoms with Gasteiger partial charge >= 0.3 is 0 Å². The maximum atomic E-state index is 9.23. The van der Waals surface area contributed by atoms with Crippen LogP contribution in [0.2, 0.25) is 0 Å². The van der Waals surface area contributed by atoms with E-state index in [2.05, 4.69) is 17.0 Å². The Morgan fingerprint density at radius 1 is 1.41 bits per heavy atom. The molecule has 0 saturated carbocycles. The lowest BCUT2D eigenvalue weighted by molar-refractivity contribution is 0.122. The first-order valence-corrected chi connectivity index (χ1v) is 6.13. The number of hydrogen-bond acceptors (Lipinski definition) is 3. The number of aliphatic hydroxyl groups is 1. The molecular formula is C13H20N2OS. The minimum Gasteiger partial charge on any atom is -0.395 e. The molecule has 1 rings (SSSR count). The smallest absolute Gasteiger partial charge is 0.0746 e. The van der Waals surface area contributed by atoms with Crippen molar-refractivity contribution >= 4 is 17.2 Å². The molecule has 0 aliphatic rings. The van der Waals surface area contributed by atoms with Crippen molar-refractivity contribution in [3.63, 3.8) is 0 Å². The molecule has 1 aromatic rings. The third-order valence-electron chi connectivity index (χ3n) is 3.03. The molecule has 0 heterocycles. The number of benzene rings is 1. The Balaban J connectivity index is 2.91. The van der Waals surface area contributed by atoms with E-state index in [4.69, 9.17) is 18.0 Å². The average molecular weight is 252 g/mol. The Morgan fingerprint density at radius 3 is 2.47 bits per heavy atom. The number of rotatable bonds is 6. The van der Waals surface area contributed by atoms with Crippen LogP contribution in [-0.2, 0) is 0 Å². The molecule has 0 aliphatic carbocycles. The molecule has 3 nitrogen and oxygen atoms in total. The highest BCUT2D eigenvalue weighted by Crippen LogP contribution is 2.24. The van der Waals surface area contributed by atoms with Crippen LogP contribution in [0.4, 0.5) is 0 Å². The fourth-order valence-corrected chi connectivity index (χ4v) is 1.96. The van der Waals surface area contributed by atoms with Gasteiger partial charge in [0.2, 0.25) is 0 Å². The molecule has 0 bridgehead atoms. The van der Waals surface area contributed by atoms with Gasteiger partial charge < -0.3 is 10.8 Å². The van der Waals surface area contributed by atoms with E-state index in [1.54, 1.807) is 0 Å². The zero-order chi connectivity index (χ0) is 12.8. The fourth-order valence-electron chi connectivity index (χ4n) is 1.80. The number of aliphatic hydroxyl groups excluding tert-OH is 1. The minimum absolute atomic E-state index is 0.0783. The summed E-state index contributed by atoms with van der Waals surface area (Å²) >= 11 is 5.00. The van der Waals surface area contributed by atoms with Crippen molar-refractivity contribution in [3.8, 4) is 0 Å². The molecule has 17 heavy (non-hydrogen) atoms. The molecule has 0 spiro atoms. The zero-order valence-electron chi connectivity index (χ0n) is 10.3. The van der Waals surface area contributed by atoms with Crippen LogP contribution in [0.3, 0.4) is 0 Å². The summed E-state index contributed by atoms with van der Waals surface area (Å²) in [5.41, 5.74) is 6.82. The number of nitrogens with two attached hydrogens (primary N) is 1. The largest absolute Gasteiger partial charge is 0.395 e. The normalized spacial score (nSPS) is 14.6. The maximum absolute atomic E-state index is 9.23. The lowest BCUT2D eigenvalue weighted by atomic mass is 10.0. The Kier molecular flexibility index (Phi) is 5.55. The first-order valence-electron chi connectivity index (χ1n) is 5.72. The molecule has 2 unspecified atom stereocenters. The first kappa shape index (κ1) is 14.1. The van der Waals surface area contributed by atoms with Crippen LogP contribution in [-0.4, -0.2) is 34.7 Å². The summed E-state index contributed by atoms with van der Waals surface area (Å²) in [4.78, 5) is 2.60. The van der Waals surface area contributed by atoms with Crippen LogP contribution in [0.1, 0.15) is 24.9 Å². The van der Waals surface area contributed by atoms with Crippen LogP contribution in [0.25, 0.3) is 0 Å². The lowest BCUT2D eigenvalue weighted by Crippen LogP contribution is -2.37. The fraction of sp³-hybridized carbons (Fsp3) is 0.462. The molecule has 2 atom stereocenters. The Bertz CT molecular complexity index is 356. The molecule has 0 saturated heterocycles. The quantitative estimate of drug-likeness (QED) is 0.757. The standard InChI is InChI=1S/C13H20N2OS/c1-10(9-16)15(2)12(8-13(14)17)11-6-4-3-5-7-11/h3-7,10,12,16H,8-9H2,1-2H3,(H2,14,17). The first-order chi connectivity index (χ1) is 8.06. The van der Waals surface area contributed by atoms with Gasteiger partial charge in [0.05, 0.1) is 11.6 Å².